The summed E-state index contributed by atoms with van der Waals surface area (Å²) in [6, 6.07) is 14.7. The van der Waals surface area contributed by atoms with Gasteiger partial charge in [0.05, 0.1) is 0 Å². The molecule has 5 rings (SSSR count). The first-order valence-electron chi connectivity index (χ1n) is 9.33. The molecule has 8 nitrogen and oxygen atoms in total. The lowest BCUT2D eigenvalue weighted by Crippen LogP contribution is -2.64. The standard InChI is InChI=1S/C20H22N5O3P/c1-23(2)29(28)21-19(13-9-5-7-11-15(13)24(3)17(19)26)20(22-29)14-10-6-8-12-16(14)25(4)18(20)27/h5-12H,1-4H3,(H2,21,22,28). The molecule has 0 saturated carbocycles. The van der Waals surface area contributed by atoms with Gasteiger partial charge in [-0.2, -0.15) is 0 Å². The predicted octanol–water partition coefficient (Wildman–Crippen LogP) is 1.59. The molecule has 2 spiro atoms. The van der Waals surface area contributed by atoms with E-state index >= 15 is 0 Å². The highest BCUT2D eigenvalue weighted by Gasteiger charge is 2.77. The first-order valence-corrected chi connectivity index (χ1v) is 11.0. The summed E-state index contributed by atoms with van der Waals surface area (Å²) in [6.07, 6.45) is 0. The third kappa shape index (κ3) is 1.88. The van der Waals surface area contributed by atoms with Crippen LogP contribution in [-0.4, -0.2) is 44.7 Å². The molecule has 0 aliphatic carbocycles. The van der Waals surface area contributed by atoms with E-state index in [0.29, 0.717) is 22.5 Å². The lowest BCUT2D eigenvalue weighted by atomic mass is 9.70. The number of hydrogen-bond donors (Lipinski definition) is 2. The van der Waals surface area contributed by atoms with Crippen molar-refractivity contribution in [2.75, 3.05) is 38.0 Å². The number of hydrogen-bond acceptors (Lipinski definition) is 3. The van der Waals surface area contributed by atoms with Gasteiger partial charge in [0, 0.05) is 36.6 Å². The third-order valence-electron chi connectivity index (χ3n) is 6.35. The summed E-state index contributed by atoms with van der Waals surface area (Å²) in [6.45, 7) is 0. The van der Waals surface area contributed by atoms with Crippen molar-refractivity contribution in [2.45, 2.75) is 11.1 Å². The molecule has 1 saturated heterocycles. The summed E-state index contributed by atoms with van der Waals surface area (Å²) >= 11 is 0. The topological polar surface area (TPSA) is 85.0 Å². The SMILES string of the molecule is CN1C(=O)C2(NP(=O)(N(C)C)NC23C(=O)N(C)c2ccccc23)c2ccccc21. The van der Waals surface area contributed by atoms with Crippen molar-refractivity contribution in [1.29, 1.82) is 0 Å². The van der Waals surface area contributed by atoms with Crippen molar-refractivity contribution < 1.29 is 14.2 Å². The van der Waals surface area contributed by atoms with E-state index in [1.807, 2.05) is 48.5 Å². The normalized spacial score (nSPS) is 32.7. The van der Waals surface area contributed by atoms with Gasteiger partial charge in [-0.05, 0) is 26.2 Å². The van der Waals surface area contributed by atoms with E-state index < -0.39 is 18.7 Å². The van der Waals surface area contributed by atoms with Crippen LogP contribution in [0.4, 0.5) is 11.4 Å². The molecule has 2 atom stereocenters. The molecule has 3 aliphatic rings. The molecule has 2 amide bonds. The first kappa shape index (κ1) is 18.5. The lowest BCUT2D eigenvalue weighted by molar-refractivity contribution is -0.134. The summed E-state index contributed by atoms with van der Waals surface area (Å²) in [5, 5.41) is 6.27. The number of likely N-dealkylation sites (N-methyl/N-ethyl adjacent to an activating group) is 2. The maximum Gasteiger partial charge on any atom is 0.283 e. The van der Waals surface area contributed by atoms with Gasteiger partial charge in [-0.15, -0.1) is 0 Å². The average molecular weight is 411 g/mol. The molecule has 150 valence electrons. The van der Waals surface area contributed by atoms with Crippen LogP contribution in [0.2, 0.25) is 0 Å². The smallest absolute Gasteiger partial charge is 0.283 e. The minimum Gasteiger partial charge on any atom is -0.313 e. The molecule has 2 N–H and O–H groups in total. The molecule has 2 aromatic rings. The van der Waals surface area contributed by atoms with Crippen molar-refractivity contribution in [3.63, 3.8) is 0 Å². The molecule has 2 unspecified atom stereocenters. The Labute approximate surface area is 169 Å². The lowest BCUT2D eigenvalue weighted by Gasteiger charge is -2.36. The average Bonchev–Trinajstić information content (AvgIpc) is 3.22. The van der Waals surface area contributed by atoms with Gasteiger partial charge < -0.3 is 9.80 Å². The fourth-order valence-corrected chi connectivity index (χ4v) is 7.04. The van der Waals surface area contributed by atoms with Crippen LogP contribution < -0.4 is 20.0 Å². The number of fused-ring (bicyclic) bond motifs is 5. The van der Waals surface area contributed by atoms with Crippen LogP contribution in [0.25, 0.3) is 0 Å². The predicted molar refractivity (Wildman–Crippen MR) is 111 cm³/mol. The maximum absolute atomic E-state index is 13.9. The van der Waals surface area contributed by atoms with E-state index in [1.165, 1.54) is 14.5 Å². The summed E-state index contributed by atoms with van der Waals surface area (Å²) < 4.78 is 15.4. The van der Waals surface area contributed by atoms with Crippen molar-refractivity contribution >= 4 is 30.8 Å². The van der Waals surface area contributed by atoms with Crippen LogP contribution in [0, 0.1) is 0 Å². The number of nitrogens with one attached hydrogen (secondary N) is 2. The highest BCUT2D eigenvalue weighted by atomic mass is 31.2. The van der Waals surface area contributed by atoms with Crippen molar-refractivity contribution in [2.24, 2.45) is 0 Å². The highest BCUT2D eigenvalue weighted by molar-refractivity contribution is 7.57. The van der Waals surface area contributed by atoms with Gasteiger partial charge in [-0.25, -0.2) is 14.8 Å². The zero-order valence-corrected chi connectivity index (χ0v) is 17.5. The van der Waals surface area contributed by atoms with E-state index in [4.69, 9.17) is 0 Å². The Morgan fingerprint density at radius 1 is 0.793 bits per heavy atom. The Kier molecular flexibility index (Phi) is 3.54. The van der Waals surface area contributed by atoms with E-state index in [1.54, 1.807) is 28.2 Å². The highest BCUT2D eigenvalue weighted by Crippen LogP contribution is 2.66. The molecule has 3 heterocycles. The molecule has 1 fully saturated rings. The van der Waals surface area contributed by atoms with E-state index in [-0.39, 0.29) is 11.8 Å². The van der Waals surface area contributed by atoms with Crippen LogP contribution in [0.3, 0.4) is 0 Å². The van der Waals surface area contributed by atoms with Gasteiger partial charge in [0.25, 0.3) is 19.4 Å². The van der Waals surface area contributed by atoms with Gasteiger partial charge in [0.2, 0.25) is 0 Å². The monoisotopic (exact) mass is 411 g/mol. The van der Waals surface area contributed by atoms with E-state index in [9.17, 15) is 14.2 Å². The van der Waals surface area contributed by atoms with Gasteiger partial charge in [-0.3, -0.25) is 14.2 Å². The molecule has 9 heteroatoms. The molecule has 2 aromatic carbocycles. The Balaban J connectivity index is 1.92. The molecule has 29 heavy (non-hydrogen) atoms. The Bertz CT molecular complexity index is 1050. The van der Waals surface area contributed by atoms with Crippen LogP contribution in [0.15, 0.2) is 48.5 Å². The third-order valence-corrected chi connectivity index (χ3v) is 8.76. The Morgan fingerprint density at radius 3 is 1.55 bits per heavy atom. The van der Waals surface area contributed by atoms with Crippen molar-refractivity contribution in [3.05, 3.63) is 59.7 Å². The second-order valence-electron chi connectivity index (χ2n) is 7.91. The van der Waals surface area contributed by atoms with Gasteiger partial charge in [0.15, 0.2) is 11.1 Å². The first-order chi connectivity index (χ1) is 13.7. The number of nitrogens with zero attached hydrogens (tertiary/aromatic N) is 3. The molecule has 0 aromatic heterocycles. The maximum atomic E-state index is 13.9. The number of anilines is 2. The zero-order chi connectivity index (χ0) is 20.8. The van der Waals surface area contributed by atoms with Gasteiger partial charge in [-0.1, -0.05) is 36.4 Å². The molecule has 0 radical (unpaired) electrons. The molecule has 0 bridgehead atoms. The summed E-state index contributed by atoms with van der Waals surface area (Å²) in [4.78, 5) is 30.7. The fourth-order valence-electron chi connectivity index (χ4n) is 4.91. The van der Waals surface area contributed by atoms with Crippen molar-refractivity contribution in [1.82, 2.24) is 14.8 Å². The number of benzene rings is 2. The largest absolute Gasteiger partial charge is 0.313 e. The van der Waals surface area contributed by atoms with Crippen molar-refractivity contribution in [3.8, 4) is 0 Å². The summed E-state index contributed by atoms with van der Waals surface area (Å²) in [7, 11) is 3.22. The Morgan fingerprint density at radius 2 is 1.17 bits per heavy atom. The van der Waals surface area contributed by atoms with Crippen LogP contribution in [0.1, 0.15) is 11.1 Å². The van der Waals surface area contributed by atoms with Gasteiger partial charge in [0.1, 0.15) is 0 Å². The summed E-state index contributed by atoms with van der Waals surface area (Å²) in [5.41, 5.74) is -0.404. The number of carbonyl (C=O) groups excluding carboxylic acids is 2. The molecular weight excluding hydrogens is 389 g/mol. The van der Waals surface area contributed by atoms with Crippen LogP contribution >= 0.6 is 7.59 Å². The number of para-hydroxylation sites is 2. The number of amides is 2. The minimum atomic E-state index is -3.47. The minimum absolute atomic E-state index is 0.316. The molecular formula is C20H22N5O3P. The zero-order valence-electron chi connectivity index (χ0n) is 16.6. The van der Waals surface area contributed by atoms with Gasteiger partial charge >= 0.3 is 0 Å². The van der Waals surface area contributed by atoms with Crippen LogP contribution in [0.5, 0.6) is 0 Å². The summed E-state index contributed by atoms with van der Waals surface area (Å²) in [5.74, 6) is -0.631. The van der Waals surface area contributed by atoms with E-state index in [2.05, 4.69) is 10.2 Å². The van der Waals surface area contributed by atoms with E-state index in [0.717, 1.165) is 0 Å². The second kappa shape index (κ2) is 5.55. The Hall–Kier alpha value is -2.51. The second-order valence-corrected chi connectivity index (χ2v) is 10.3. The fraction of sp³-hybridized carbons (Fsp3) is 0.300. The molecule has 3 aliphatic heterocycles. The number of carbonyl (C=O) groups is 2. The quantitative estimate of drug-likeness (QED) is 0.694. The number of rotatable bonds is 1. The van der Waals surface area contributed by atoms with Crippen LogP contribution in [-0.2, 0) is 25.2 Å².